The van der Waals surface area contributed by atoms with Crippen molar-refractivity contribution in [1.82, 2.24) is 24.4 Å². The summed E-state index contributed by atoms with van der Waals surface area (Å²) in [5.74, 6) is 1.45. The third-order valence-electron chi connectivity index (χ3n) is 7.61. The first-order valence-electron chi connectivity index (χ1n) is 13.1. The van der Waals surface area contributed by atoms with Crippen LogP contribution in [0.5, 0.6) is 0 Å². The number of piperidine rings is 1. The minimum atomic E-state index is -0.223. The van der Waals surface area contributed by atoms with E-state index in [1.165, 1.54) is 25.7 Å². The van der Waals surface area contributed by atoms with Crippen molar-refractivity contribution in [2.24, 2.45) is 5.73 Å². The van der Waals surface area contributed by atoms with Crippen LogP contribution in [-0.2, 0) is 4.74 Å². The van der Waals surface area contributed by atoms with Gasteiger partial charge in [0, 0.05) is 37.3 Å². The van der Waals surface area contributed by atoms with Crippen molar-refractivity contribution in [3.05, 3.63) is 6.33 Å². The quantitative estimate of drug-likeness (QED) is 0.584. The average molecular weight is 471 g/mol. The zero-order valence-corrected chi connectivity index (χ0v) is 20.2. The Bertz CT molecular complexity index is 973. The summed E-state index contributed by atoms with van der Waals surface area (Å²) < 4.78 is 7.41. The number of nitrogens with two attached hydrogens (primary N) is 1. The molecule has 0 atom stereocenters. The van der Waals surface area contributed by atoms with Crippen LogP contribution in [0.4, 0.5) is 16.6 Å². The predicted molar refractivity (Wildman–Crippen MR) is 132 cm³/mol. The lowest BCUT2D eigenvalue weighted by molar-refractivity contribution is 0.0983. The van der Waals surface area contributed by atoms with Gasteiger partial charge in [-0.15, -0.1) is 0 Å². The van der Waals surface area contributed by atoms with E-state index in [2.05, 4.69) is 15.2 Å². The molecule has 0 spiro atoms. The number of anilines is 2. The van der Waals surface area contributed by atoms with Gasteiger partial charge in [-0.1, -0.05) is 12.8 Å². The van der Waals surface area contributed by atoms with E-state index >= 15 is 0 Å². The lowest BCUT2D eigenvalue weighted by atomic mass is 9.92. The van der Waals surface area contributed by atoms with Gasteiger partial charge in [0.1, 0.15) is 0 Å². The Morgan fingerprint density at radius 2 is 1.74 bits per heavy atom. The molecular formula is C24H38N8O2. The molecule has 10 nitrogen and oxygen atoms in total. The summed E-state index contributed by atoms with van der Waals surface area (Å²) in [5, 5.41) is 7.22. The molecule has 3 fully saturated rings. The minimum absolute atomic E-state index is 0.223. The normalized spacial score (nSPS) is 24.5. The van der Waals surface area contributed by atoms with Crippen LogP contribution in [-0.4, -0.2) is 68.3 Å². The molecule has 1 aliphatic heterocycles. The van der Waals surface area contributed by atoms with Crippen molar-refractivity contribution < 1.29 is 9.53 Å². The summed E-state index contributed by atoms with van der Waals surface area (Å²) in [4.78, 5) is 28.4. The van der Waals surface area contributed by atoms with Crippen LogP contribution in [0, 0.1) is 0 Å². The van der Waals surface area contributed by atoms with E-state index in [4.69, 9.17) is 25.4 Å². The number of hydrogen-bond donors (Lipinski definition) is 3. The maximum Gasteiger partial charge on any atom is 0.409 e. The van der Waals surface area contributed by atoms with Crippen molar-refractivity contribution >= 4 is 29.0 Å². The fourth-order valence-corrected chi connectivity index (χ4v) is 5.59. The zero-order chi connectivity index (χ0) is 23.5. The van der Waals surface area contributed by atoms with Crippen LogP contribution >= 0.6 is 0 Å². The SMILES string of the molecule is CCOC(=O)N1CCC(Nc2nc(NC3CCC(N)CC3)nc3c2ncn3C2CCCC2)CC1. The number of carbonyl (C=O) groups is 1. The number of nitrogens with one attached hydrogen (secondary N) is 2. The van der Waals surface area contributed by atoms with Crippen LogP contribution in [0.1, 0.15) is 77.2 Å². The standard InChI is InChI=1S/C24H38N8O2/c1-2-34-24(33)31-13-11-18(12-14-31)27-21-20-22(32(15-26-20)19-5-3-4-6-19)30-23(29-21)28-17-9-7-16(25)8-10-17/h15-19H,2-14,25H2,1H3,(H2,27,28,29,30). The molecule has 1 saturated heterocycles. The second-order valence-electron chi connectivity index (χ2n) is 10.0. The average Bonchev–Trinajstić information content (AvgIpc) is 3.51. The molecule has 3 heterocycles. The number of nitrogens with zero attached hydrogens (tertiary/aromatic N) is 5. The number of fused-ring (bicyclic) bond motifs is 1. The van der Waals surface area contributed by atoms with Crippen LogP contribution in [0.2, 0.25) is 0 Å². The predicted octanol–water partition coefficient (Wildman–Crippen LogP) is 3.66. The molecule has 1 amide bonds. The third-order valence-corrected chi connectivity index (χ3v) is 7.61. The smallest absolute Gasteiger partial charge is 0.409 e. The van der Waals surface area contributed by atoms with Crippen molar-refractivity contribution in [3.8, 4) is 0 Å². The Kier molecular flexibility index (Phi) is 7.03. The highest BCUT2D eigenvalue weighted by Crippen LogP contribution is 2.33. The summed E-state index contributed by atoms with van der Waals surface area (Å²) in [5.41, 5.74) is 7.84. The first-order valence-corrected chi connectivity index (χ1v) is 13.1. The lowest BCUT2D eigenvalue weighted by Crippen LogP contribution is -2.42. The van der Waals surface area contributed by atoms with Crippen LogP contribution in [0.15, 0.2) is 6.33 Å². The number of aromatic nitrogens is 4. The second-order valence-corrected chi connectivity index (χ2v) is 10.0. The van der Waals surface area contributed by atoms with Crippen LogP contribution < -0.4 is 16.4 Å². The van der Waals surface area contributed by atoms with Crippen molar-refractivity contribution in [3.63, 3.8) is 0 Å². The Morgan fingerprint density at radius 3 is 2.44 bits per heavy atom. The van der Waals surface area contributed by atoms with Crippen molar-refractivity contribution in [2.75, 3.05) is 30.3 Å². The summed E-state index contributed by atoms with van der Waals surface area (Å²) in [6, 6.07) is 1.34. The highest BCUT2D eigenvalue weighted by Gasteiger charge is 2.27. The van der Waals surface area contributed by atoms with E-state index in [1.54, 1.807) is 4.90 Å². The molecule has 2 aromatic rings. The fourth-order valence-electron chi connectivity index (χ4n) is 5.59. The lowest BCUT2D eigenvalue weighted by Gasteiger charge is -2.32. The molecule has 0 aromatic carbocycles. The van der Waals surface area contributed by atoms with Gasteiger partial charge in [0.05, 0.1) is 12.9 Å². The molecule has 0 unspecified atom stereocenters. The Hall–Kier alpha value is -2.62. The third kappa shape index (κ3) is 5.06. The monoisotopic (exact) mass is 470 g/mol. The molecule has 34 heavy (non-hydrogen) atoms. The Morgan fingerprint density at radius 1 is 1.03 bits per heavy atom. The maximum atomic E-state index is 12.1. The molecule has 0 radical (unpaired) electrons. The van der Waals surface area contributed by atoms with E-state index in [0.717, 1.165) is 55.5 Å². The van der Waals surface area contributed by atoms with E-state index in [9.17, 15) is 4.79 Å². The number of hydrogen-bond acceptors (Lipinski definition) is 8. The minimum Gasteiger partial charge on any atom is -0.450 e. The van der Waals surface area contributed by atoms with E-state index < -0.39 is 0 Å². The number of rotatable bonds is 6. The summed E-state index contributed by atoms with van der Waals surface area (Å²) >= 11 is 0. The number of carbonyl (C=O) groups excluding carboxylic acids is 1. The van der Waals surface area contributed by atoms with Gasteiger partial charge in [0.25, 0.3) is 0 Å². The Labute approximate surface area is 201 Å². The summed E-state index contributed by atoms with van der Waals surface area (Å²) in [6.45, 7) is 3.59. The van der Waals surface area contributed by atoms with Gasteiger partial charge in [-0.05, 0) is 58.3 Å². The molecule has 2 saturated carbocycles. The highest BCUT2D eigenvalue weighted by molar-refractivity contribution is 5.84. The summed E-state index contributed by atoms with van der Waals surface area (Å²) in [6.07, 6.45) is 12.4. The second kappa shape index (κ2) is 10.3. The van der Waals surface area contributed by atoms with Gasteiger partial charge in [-0.2, -0.15) is 9.97 Å². The topological polar surface area (TPSA) is 123 Å². The van der Waals surface area contributed by atoms with Crippen molar-refractivity contribution in [1.29, 1.82) is 0 Å². The van der Waals surface area contributed by atoms with E-state index in [-0.39, 0.29) is 12.1 Å². The molecule has 186 valence electrons. The van der Waals surface area contributed by atoms with Gasteiger partial charge in [-0.25, -0.2) is 9.78 Å². The molecule has 0 bridgehead atoms. The molecule has 4 N–H and O–H groups in total. The highest BCUT2D eigenvalue weighted by atomic mass is 16.6. The molecule has 2 aromatic heterocycles. The van der Waals surface area contributed by atoms with Gasteiger partial charge in [-0.3, -0.25) is 0 Å². The van der Waals surface area contributed by atoms with Gasteiger partial charge < -0.3 is 30.6 Å². The largest absolute Gasteiger partial charge is 0.450 e. The molecular weight excluding hydrogens is 432 g/mol. The Balaban J connectivity index is 1.36. The first kappa shape index (κ1) is 23.1. The summed E-state index contributed by atoms with van der Waals surface area (Å²) in [7, 11) is 0. The first-order chi connectivity index (χ1) is 16.6. The van der Waals surface area contributed by atoms with Crippen LogP contribution in [0.25, 0.3) is 11.2 Å². The number of ether oxygens (including phenoxy) is 1. The molecule has 2 aliphatic carbocycles. The van der Waals surface area contributed by atoms with Crippen molar-refractivity contribution in [2.45, 2.75) is 95.3 Å². The maximum absolute atomic E-state index is 12.1. The molecule has 3 aliphatic rings. The molecule has 5 rings (SSSR count). The molecule has 10 heteroatoms. The van der Waals surface area contributed by atoms with Gasteiger partial charge >= 0.3 is 6.09 Å². The number of likely N-dealkylation sites (tertiary alicyclic amines) is 1. The van der Waals surface area contributed by atoms with E-state index in [0.29, 0.717) is 43.8 Å². The fraction of sp³-hybridized carbons (Fsp3) is 0.750. The number of amides is 1. The van der Waals surface area contributed by atoms with Crippen LogP contribution in [0.3, 0.4) is 0 Å². The number of imidazole rings is 1. The van der Waals surface area contributed by atoms with Gasteiger partial charge in [0.2, 0.25) is 5.95 Å². The van der Waals surface area contributed by atoms with E-state index in [1.807, 2.05) is 13.3 Å². The zero-order valence-electron chi connectivity index (χ0n) is 20.2. The van der Waals surface area contributed by atoms with Gasteiger partial charge in [0.15, 0.2) is 17.0 Å².